The van der Waals surface area contributed by atoms with Crippen molar-refractivity contribution < 1.29 is 14.3 Å². The van der Waals surface area contributed by atoms with E-state index in [4.69, 9.17) is 4.74 Å². The van der Waals surface area contributed by atoms with E-state index in [1.54, 1.807) is 0 Å². The minimum absolute atomic E-state index is 0.0781. The van der Waals surface area contributed by atoms with E-state index < -0.39 is 0 Å². The molecule has 3 nitrogen and oxygen atoms in total. The number of rotatable bonds is 6. The van der Waals surface area contributed by atoms with Crippen LogP contribution in [0.15, 0.2) is 72.8 Å². The molecule has 0 saturated heterocycles. The zero-order valence-electron chi connectivity index (χ0n) is 15.6. The van der Waals surface area contributed by atoms with Crippen molar-refractivity contribution in [2.24, 2.45) is 5.92 Å². The molecule has 1 unspecified atom stereocenters. The minimum Gasteiger partial charge on any atom is -0.489 e. The van der Waals surface area contributed by atoms with Gasteiger partial charge in [0.2, 0.25) is 0 Å². The minimum atomic E-state index is -0.172. The van der Waals surface area contributed by atoms with Crippen LogP contribution in [0.3, 0.4) is 0 Å². The quantitative estimate of drug-likeness (QED) is 0.556. The maximum atomic E-state index is 12.5. The average molecular weight is 370 g/mol. The Balaban J connectivity index is 1.52. The molecule has 3 aromatic rings. The van der Waals surface area contributed by atoms with Gasteiger partial charge in [0.25, 0.3) is 0 Å². The molecule has 3 aromatic carbocycles. The Morgan fingerprint density at radius 2 is 1.71 bits per heavy atom. The van der Waals surface area contributed by atoms with Crippen molar-refractivity contribution in [3.05, 3.63) is 89.5 Å². The maximum absolute atomic E-state index is 12.5. The van der Waals surface area contributed by atoms with Gasteiger partial charge in [0, 0.05) is 17.9 Å². The van der Waals surface area contributed by atoms with E-state index >= 15 is 0 Å². The molecule has 28 heavy (non-hydrogen) atoms. The number of ketones is 1. The Bertz CT molecular complexity index is 992. The molecule has 1 atom stereocenters. The molecule has 140 valence electrons. The monoisotopic (exact) mass is 370 g/mol. The summed E-state index contributed by atoms with van der Waals surface area (Å²) in [6, 6.07) is 24.2. The van der Waals surface area contributed by atoms with Crippen molar-refractivity contribution in [3.8, 4) is 16.9 Å². The lowest BCUT2D eigenvalue weighted by molar-refractivity contribution is -0.108. The van der Waals surface area contributed by atoms with Crippen molar-refractivity contribution >= 4 is 12.1 Å². The van der Waals surface area contributed by atoms with Crippen molar-refractivity contribution in [1.82, 2.24) is 0 Å². The lowest BCUT2D eigenvalue weighted by Crippen LogP contribution is -2.22. The third-order valence-corrected chi connectivity index (χ3v) is 5.35. The molecule has 0 spiro atoms. The normalized spacial score (nSPS) is 15.7. The number of carbonyl (C=O) groups is 2. The van der Waals surface area contributed by atoms with E-state index in [2.05, 4.69) is 24.3 Å². The van der Waals surface area contributed by atoms with E-state index in [9.17, 15) is 9.59 Å². The van der Waals surface area contributed by atoms with Crippen LogP contribution >= 0.6 is 0 Å². The predicted molar refractivity (Wildman–Crippen MR) is 109 cm³/mol. The Kier molecular flexibility index (Phi) is 5.34. The molecule has 0 fully saturated rings. The van der Waals surface area contributed by atoms with Gasteiger partial charge in [0.15, 0.2) is 5.78 Å². The molecule has 0 radical (unpaired) electrons. The molecule has 0 bridgehead atoms. The molecule has 4 rings (SSSR count). The SMILES string of the molecule is O=CCC1CCc2cc(OCc3ccccc3-c3ccccc3)ccc2C1=O. The summed E-state index contributed by atoms with van der Waals surface area (Å²) in [5, 5.41) is 0. The summed E-state index contributed by atoms with van der Waals surface area (Å²) in [5.74, 6) is 0.673. The van der Waals surface area contributed by atoms with Crippen LogP contribution in [0.2, 0.25) is 0 Å². The van der Waals surface area contributed by atoms with Gasteiger partial charge in [0.05, 0.1) is 0 Å². The number of aldehydes is 1. The van der Waals surface area contributed by atoms with Crippen LogP contribution in [-0.2, 0) is 17.8 Å². The molecule has 0 amide bonds. The fourth-order valence-corrected chi connectivity index (χ4v) is 3.84. The second-order valence-corrected chi connectivity index (χ2v) is 7.13. The molecule has 0 N–H and O–H groups in total. The van der Waals surface area contributed by atoms with Crippen LogP contribution in [0, 0.1) is 5.92 Å². The van der Waals surface area contributed by atoms with Crippen molar-refractivity contribution in [3.63, 3.8) is 0 Å². The van der Waals surface area contributed by atoms with E-state index in [0.29, 0.717) is 13.0 Å². The van der Waals surface area contributed by atoms with Crippen molar-refractivity contribution in [2.45, 2.75) is 25.9 Å². The van der Waals surface area contributed by atoms with E-state index in [1.165, 1.54) is 5.56 Å². The third-order valence-electron chi connectivity index (χ3n) is 5.35. The van der Waals surface area contributed by atoms with Crippen LogP contribution < -0.4 is 4.74 Å². The average Bonchev–Trinajstić information content (AvgIpc) is 2.75. The summed E-state index contributed by atoms with van der Waals surface area (Å²) in [4.78, 5) is 23.3. The first kappa shape index (κ1) is 18.2. The highest BCUT2D eigenvalue weighted by molar-refractivity contribution is 6.01. The largest absolute Gasteiger partial charge is 0.489 e. The van der Waals surface area contributed by atoms with Crippen LogP contribution in [0.25, 0.3) is 11.1 Å². The van der Waals surface area contributed by atoms with Crippen LogP contribution in [0.1, 0.15) is 34.3 Å². The molecule has 3 heteroatoms. The predicted octanol–water partition coefficient (Wildman–Crippen LogP) is 5.27. The molecule has 1 aliphatic rings. The lowest BCUT2D eigenvalue weighted by Gasteiger charge is -2.22. The summed E-state index contributed by atoms with van der Waals surface area (Å²) in [5.41, 5.74) is 5.19. The second-order valence-electron chi connectivity index (χ2n) is 7.13. The second kappa shape index (κ2) is 8.22. The number of hydrogen-bond donors (Lipinski definition) is 0. The Morgan fingerprint density at radius 1 is 0.929 bits per heavy atom. The first-order chi connectivity index (χ1) is 13.8. The van der Waals surface area contributed by atoms with Gasteiger partial charge in [-0.1, -0.05) is 54.6 Å². The Morgan fingerprint density at radius 3 is 2.54 bits per heavy atom. The van der Waals surface area contributed by atoms with Crippen molar-refractivity contribution in [2.75, 3.05) is 0 Å². The zero-order valence-corrected chi connectivity index (χ0v) is 15.6. The van der Waals surface area contributed by atoms with Gasteiger partial charge in [-0.2, -0.15) is 0 Å². The lowest BCUT2D eigenvalue weighted by atomic mass is 9.81. The van der Waals surface area contributed by atoms with E-state index in [0.717, 1.165) is 47.1 Å². The molecule has 0 heterocycles. The topological polar surface area (TPSA) is 43.4 Å². The van der Waals surface area contributed by atoms with Crippen LogP contribution in [0.4, 0.5) is 0 Å². The summed E-state index contributed by atoms with van der Waals surface area (Å²) < 4.78 is 6.06. The van der Waals surface area contributed by atoms with Gasteiger partial charge in [0.1, 0.15) is 18.6 Å². The number of Topliss-reactive ketones (excluding diaryl/α,β-unsaturated/α-hetero) is 1. The molecule has 1 aliphatic carbocycles. The van der Waals surface area contributed by atoms with Gasteiger partial charge in [-0.25, -0.2) is 0 Å². The molecule has 0 aliphatic heterocycles. The number of carbonyl (C=O) groups excluding carboxylic acids is 2. The maximum Gasteiger partial charge on any atom is 0.166 e. The fourth-order valence-electron chi connectivity index (χ4n) is 3.84. The summed E-state index contributed by atoms with van der Waals surface area (Å²) in [7, 11) is 0. The molecular formula is C25H22O3. The van der Waals surface area contributed by atoms with Gasteiger partial charge >= 0.3 is 0 Å². The summed E-state index contributed by atoms with van der Waals surface area (Å²) >= 11 is 0. The van der Waals surface area contributed by atoms with Crippen molar-refractivity contribution in [1.29, 1.82) is 0 Å². The highest BCUT2D eigenvalue weighted by Gasteiger charge is 2.27. The van der Waals surface area contributed by atoms with Crippen LogP contribution in [-0.4, -0.2) is 12.1 Å². The first-order valence-corrected chi connectivity index (χ1v) is 9.63. The smallest absolute Gasteiger partial charge is 0.166 e. The number of benzene rings is 3. The van der Waals surface area contributed by atoms with E-state index in [-0.39, 0.29) is 11.7 Å². The Hall–Kier alpha value is -3.20. The van der Waals surface area contributed by atoms with Crippen LogP contribution in [0.5, 0.6) is 5.75 Å². The molecular weight excluding hydrogens is 348 g/mol. The molecule has 0 aromatic heterocycles. The first-order valence-electron chi connectivity index (χ1n) is 9.63. The third kappa shape index (κ3) is 3.74. The summed E-state index contributed by atoms with van der Waals surface area (Å²) in [6.45, 7) is 0.464. The molecule has 0 saturated carbocycles. The summed E-state index contributed by atoms with van der Waals surface area (Å²) in [6.07, 6.45) is 2.68. The van der Waals surface area contributed by atoms with Gasteiger partial charge in [-0.15, -0.1) is 0 Å². The number of ether oxygens (including phenoxy) is 1. The Labute approximate surface area is 165 Å². The zero-order chi connectivity index (χ0) is 19.3. The number of aryl methyl sites for hydroxylation is 1. The highest BCUT2D eigenvalue weighted by Crippen LogP contribution is 2.31. The van der Waals surface area contributed by atoms with E-state index in [1.807, 2.05) is 48.5 Å². The number of fused-ring (bicyclic) bond motifs is 1. The fraction of sp³-hybridized carbons (Fsp3) is 0.200. The van der Waals surface area contributed by atoms with Gasteiger partial charge < -0.3 is 9.53 Å². The highest BCUT2D eigenvalue weighted by atomic mass is 16.5. The standard InChI is InChI=1S/C25H22O3/c26-15-14-19-10-11-20-16-22(12-13-24(20)25(19)27)28-17-21-8-4-5-9-23(21)18-6-2-1-3-7-18/h1-9,12-13,15-16,19H,10-11,14,17H2. The van der Waals surface area contributed by atoms with Gasteiger partial charge in [-0.3, -0.25) is 4.79 Å². The van der Waals surface area contributed by atoms with Gasteiger partial charge in [-0.05, 0) is 53.3 Å². The number of hydrogen-bond acceptors (Lipinski definition) is 3.